The minimum atomic E-state index is -3.99. The van der Waals surface area contributed by atoms with Gasteiger partial charge in [0.2, 0.25) is 10.0 Å². The van der Waals surface area contributed by atoms with Crippen molar-refractivity contribution in [1.82, 2.24) is 9.62 Å². The number of methoxy groups -OCH3 is 1. The molecule has 1 aliphatic heterocycles. The van der Waals surface area contributed by atoms with Crippen molar-refractivity contribution in [1.29, 1.82) is 0 Å². The number of sulfone groups is 1. The van der Waals surface area contributed by atoms with Crippen LogP contribution in [0.3, 0.4) is 0 Å². The van der Waals surface area contributed by atoms with Gasteiger partial charge in [-0.15, -0.1) is 0 Å². The van der Waals surface area contributed by atoms with Gasteiger partial charge in [-0.2, -0.15) is 4.72 Å². The molecule has 12 heteroatoms. The van der Waals surface area contributed by atoms with Crippen LogP contribution < -0.4 is 9.46 Å². The lowest BCUT2D eigenvalue weighted by molar-refractivity contribution is -0.154. The third-order valence-corrected chi connectivity index (χ3v) is 8.23. The van der Waals surface area contributed by atoms with Gasteiger partial charge in [0.05, 0.1) is 23.5 Å². The molecule has 180 valence electrons. The first kappa shape index (κ1) is 26.1. The molecule has 0 radical (unpaired) electrons. The predicted molar refractivity (Wildman–Crippen MR) is 117 cm³/mol. The quantitative estimate of drug-likeness (QED) is 0.470. The summed E-state index contributed by atoms with van der Waals surface area (Å²) in [6, 6.07) is 3.93. The van der Waals surface area contributed by atoms with Gasteiger partial charge < -0.3 is 14.4 Å². The zero-order valence-corrected chi connectivity index (χ0v) is 20.2. The van der Waals surface area contributed by atoms with E-state index in [1.807, 2.05) is 13.8 Å². The van der Waals surface area contributed by atoms with E-state index in [0.29, 0.717) is 18.7 Å². The second kappa shape index (κ2) is 10.6. The molecule has 0 aromatic heterocycles. The molecule has 2 rings (SSSR count). The highest BCUT2D eigenvalue weighted by molar-refractivity contribution is 7.91. The van der Waals surface area contributed by atoms with E-state index in [1.54, 1.807) is 0 Å². The lowest BCUT2D eigenvalue weighted by atomic mass is 10.1. The van der Waals surface area contributed by atoms with Crippen LogP contribution in [0.2, 0.25) is 0 Å². The highest BCUT2D eigenvalue weighted by atomic mass is 32.2. The van der Waals surface area contributed by atoms with E-state index in [0.717, 1.165) is 0 Å². The first-order valence-corrected chi connectivity index (χ1v) is 13.5. The van der Waals surface area contributed by atoms with Crippen molar-refractivity contribution in [3.63, 3.8) is 0 Å². The predicted octanol–water partition coefficient (Wildman–Crippen LogP) is 0.577. The maximum Gasteiger partial charge on any atom is 0.324 e. The van der Waals surface area contributed by atoms with Gasteiger partial charge in [-0.25, -0.2) is 16.8 Å². The molecule has 1 heterocycles. The number of ether oxygens (including phenoxy) is 2. The number of sulfonamides is 1. The fraction of sp³-hybridized carbons (Fsp3) is 0.600. The first-order valence-electron chi connectivity index (χ1n) is 10.2. The molecule has 0 aliphatic carbocycles. The molecule has 2 atom stereocenters. The Hall–Kier alpha value is -2.18. The molecule has 10 nitrogen and oxygen atoms in total. The zero-order valence-electron chi connectivity index (χ0n) is 18.6. The minimum absolute atomic E-state index is 0.0174. The van der Waals surface area contributed by atoms with E-state index >= 15 is 0 Å². The summed E-state index contributed by atoms with van der Waals surface area (Å²) in [6.07, 6.45) is 0.340. The van der Waals surface area contributed by atoms with E-state index in [9.17, 15) is 26.4 Å². The van der Waals surface area contributed by atoms with E-state index in [4.69, 9.17) is 9.47 Å². The summed E-state index contributed by atoms with van der Waals surface area (Å²) in [5.41, 5.74) is 0. The topological polar surface area (TPSA) is 136 Å². The van der Waals surface area contributed by atoms with Crippen LogP contribution in [0.1, 0.15) is 27.2 Å². The molecule has 1 aromatic rings. The largest absolute Gasteiger partial charge is 0.497 e. The Bertz CT molecular complexity index is 1020. The van der Waals surface area contributed by atoms with Crippen molar-refractivity contribution >= 4 is 31.7 Å². The summed E-state index contributed by atoms with van der Waals surface area (Å²) in [7, 11) is -5.73. The number of benzene rings is 1. The number of hydrogen-bond donors (Lipinski definition) is 1. The third-order valence-electron chi connectivity index (χ3n) is 4.92. The lowest BCUT2D eigenvalue weighted by Crippen LogP contribution is -2.46. The standard InChI is InChI=1S/C20H30N2O8S2/c1-14(2)11-22(16-9-10-31(25,26)13-16)19(23)12-30-20(24)15(3)21-32(27,28)18-7-5-17(29-4)6-8-18/h5-8,14-16,21H,9-13H2,1-4H3. The Morgan fingerprint density at radius 3 is 2.31 bits per heavy atom. The summed E-state index contributed by atoms with van der Waals surface area (Å²) in [6.45, 7) is 4.83. The van der Waals surface area contributed by atoms with Crippen LogP contribution in [0.15, 0.2) is 29.2 Å². The van der Waals surface area contributed by atoms with Crippen LogP contribution in [0, 0.1) is 5.92 Å². The van der Waals surface area contributed by atoms with Gasteiger partial charge in [-0.1, -0.05) is 13.8 Å². The van der Waals surface area contributed by atoms with E-state index < -0.39 is 50.4 Å². The number of nitrogens with zero attached hydrogens (tertiary/aromatic N) is 1. The van der Waals surface area contributed by atoms with Gasteiger partial charge in [0, 0.05) is 12.6 Å². The smallest absolute Gasteiger partial charge is 0.324 e. The normalized spacial score (nSPS) is 18.8. The Labute approximate surface area is 189 Å². The minimum Gasteiger partial charge on any atom is -0.497 e. The van der Waals surface area contributed by atoms with Crippen LogP contribution in [0.5, 0.6) is 5.75 Å². The van der Waals surface area contributed by atoms with Crippen molar-refractivity contribution in [2.24, 2.45) is 5.92 Å². The summed E-state index contributed by atoms with van der Waals surface area (Å²) < 4.78 is 60.7. The van der Waals surface area contributed by atoms with Gasteiger partial charge in [0.15, 0.2) is 16.4 Å². The molecule has 0 bridgehead atoms. The second-order valence-corrected chi connectivity index (χ2v) is 12.1. The maximum atomic E-state index is 12.7. The lowest BCUT2D eigenvalue weighted by Gasteiger charge is -2.29. The van der Waals surface area contributed by atoms with E-state index in [-0.39, 0.29) is 22.3 Å². The molecule has 1 fully saturated rings. The molecule has 0 saturated carbocycles. The molecule has 1 aromatic carbocycles. The highest BCUT2D eigenvalue weighted by Gasteiger charge is 2.35. The fourth-order valence-corrected chi connectivity index (χ4v) is 6.24. The number of hydrogen-bond acceptors (Lipinski definition) is 8. The molecule has 1 amide bonds. The van der Waals surface area contributed by atoms with Gasteiger partial charge in [-0.3, -0.25) is 9.59 Å². The van der Waals surface area contributed by atoms with Crippen LogP contribution in [0.4, 0.5) is 0 Å². The Morgan fingerprint density at radius 1 is 1.19 bits per heavy atom. The fourth-order valence-electron chi connectivity index (χ4n) is 3.31. The molecular weight excluding hydrogens is 460 g/mol. The summed E-state index contributed by atoms with van der Waals surface area (Å²) in [4.78, 5) is 26.3. The zero-order chi connectivity index (χ0) is 24.1. The molecular formula is C20H30N2O8S2. The molecule has 32 heavy (non-hydrogen) atoms. The summed E-state index contributed by atoms with van der Waals surface area (Å²) >= 11 is 0. The number of rotatable bonds is 10. The SMILES string of the molecule is COc1ccc(S(=O)(=O)NC(C)C(=O)OCC(=O)N(CC(C)C)C2CCS(=O)(=O)C2)cc1. The number of nitrogens with one attached hydrogen (secondary N) is 1. The van der Waals surface area contributed by atoms with Crippen molar-refractivity contribution < 1.29 is 35.9 Å². The number of amides is 1. The van der Waals surface area contributed by atoms with Crippen LogP contribution >= 0.6 is 0 Å². The molecule has 1 aliphatic rings. The molecule has 0 spiro atoms. The first-order chi connectivity index (χ1) is 14.8. The van der Waals surface area contributed by atoms with Crippen molar-refractivity contribution in [3.8, 4) is 5.75 Å². The van der Waals surface area contributed by atoms with Crippen molar-refractivity contribution in [2.45, 2.75) is 44.2 Å². The average Bonchev–Trinajstić information content (AvgIpc) is 3.08. The van der Waals surface area contributed by atoms with Gasteiger partial charge in [0.1, 0.15) is 11.8 Å². The van der Waals surface area contributed by atoms with E-state index in [1.165, 1.54) is 43.2 Å². The third kappa shape index (κ3) is 7.17. The van der Waals surface area contributed by atoms with Gasteiger partial charge in [-0.05, 0) is 43.5 Å². The summed E-state index contributed by atoms with van der Waals surface area (Å²) in [5, 5.41) is 0. The number of esters is 1. The molecule has 1 N–H and O–H groups in total. The average molecular weight is 491 g/mol. The van der Waals surface area contributed by atoms with Crippen LogP contribution in [0.25, 0.3) is 0 Å². The Morgan fingerprint density at radius 2 is 1.81 bits per heavy atom. The highest BCUT2D eigenvalue weighted by Crippen LogP contribution is 2.20. The summed E-state index contributed by atoms with van der Waals surface area (Å²) in [5.74, 6) is -0.955. The Balaban J connectivity index is 1.97. The number of carbonyl (C=O) groups is 2. The van der Waals surface area contributed by atoms with Gasteiger partial charge >= 0.3 is 5.97 Å². The van der Waals surface area contributed by atoms with Crippen molar-refractivity contribution in [3.05, 3.63) is 24.3 Å². The van der Waals surface area contributed by atoms with Crippen LogP contribution in [-0.4, -0.2) is 77.5 Å². The molecule has 2 unspecified atom stereocenters. The van der Waals surface area contributed by atoms with Crippen molar-refractivity contribution in [2.75, 3.05) is 31.8 Å². The van der Waals surface area contributed by atoms with E-state index in [2.05, 4.69) is 4.72 Å². The maximum absolute atomic E-state index is 12.7. The second-order valence-electron chi connectivity index (χ2n) is 8.12. The molecule has 1 saturated heterocycles. The van der Waals surface area contributed by atoms with Crippen LogP contribution in [-0.2, 0) is 34.2 Å². The monoisotopic (exact) mass is 490 g/mol. The Kier molecular flexibility index (Phi) is 8.66. The number of carbonyl (C=O) groups excluding carboxylic acids is 2. The van der Waals surface area contributed by atoms with Gasteiger partial charge in [0.25, 0.3) is 5.91 Å².